The van der Waals surface area contributed by atoms with E-state index in [4.69, 9.17) is 0 Å². The van der Waals surface area contributed by atoms with Gasteiger partial charge in [0.2, 0.25) is 0 Å². The fourth-order valence-electron chi connectivity index (χ4n) is 2.28. The number of hydrogen-bond acceptors (Lipinski definition) is 1. The lowest BCUT2D eigenvalue weighted by Crippen LogP contribution is -2.18. The minimum Gasteiger partial charge on any atom is -0.342 e. The zero-order valence-corrected chi connectivity index (χ0v) is 13.6. The van der Waals surface area contributed by atoms with Gasteiger partial charge in [-0.15, -0.1) is 0 Å². The SMILES string of the molecule is CCCn1cc(Br)cc1C(=O)Nc1c(C)cccc1C. The van der Waals surface area contributed by atoms with Crippen LogP contribution in [0.4, 0.5) is 5.69 Å². The molecule has 0 aliphatic heterocycles. The third-order valence-electron chi connectivity index (χ3n) is 3.28. The van der Waals surface area contributed by atoms with Gasteiger partial charge in [-0.1, -0.05) is 25.1 Å². The van der Waals surface area contributed by atoms with Gasteiger partial charge in [0, 0.05) is 22.9 Å². The molecule has 0 saturated carbocycles. The van der Waals surface area contributed by atoms with E-state index in [1.807, 2.05) is 48.9 Å². The van der Waals surface area contributed by atoms with Gasteiger partial charge in [0.15, 0.2) is 0 Å². The second-order valence-electron chi connectivity index (χ2n) is 4.96. The number of rotatable bonds is 4. The number of aromatic nitrogens is 1. The van der Waals surface area contributed by atoms with E-state index in [0.29, 0.717) is 5.69 Å². The third kappa shape index (κ3) is 3.12. The summed E-state index contributed by atoms with van der Waals surface area (Å²) in [5.74, 6) is -0.0680. The summed E-state index contributed by atoms with van der Waals surface area (Å²) in [4.78, 5) is 12.5. The molecule has 0 saturated heterocycles. The summed E-state index contributed by atoms with van der Waals surface area (Å²) in [5, 5.41) is 3.03. The number of nitrogens with zero attached hydrogens (tertiary/aromatic N) is 1. The number of amides is 1. The number of aryl methyl sites for hydroxylation is 3. The van der Waals surface area contributed by atoms with Crippen LogP contribution < -0.4 is 5.32 Å². The Labute approximate surface area is 128 Å². The van der Waals surface area contributed by atoms with Crippen LogP contribution >= 0.6 is 15.9 Å². The summed E-state index contributed by atoms with van der Waals surface area (Å²) in [5.41, 5.74) is 3.73. The maximum absolute atomic E-state index is 12.5. The summed E-state index contributed by atoms with van der Waals surface area (Å²) in [6.45, 7) is 6.94. The van der Waals surface area contributed by atoms with Gasteiger partial charge < -0.3 is 9.88 Å². The predicted octanol–water partition coefficient (Wildman–Crippen LogP) is 4.53. The van der Waals surface area contributed by atoms with Gasteiger partial charge in [-0.25, -0.2) is 0 Å². The van der Waals surface area contributed by atoms with Gasteiger partial charge in [0.1, 0.15) is 5.69 Å². The lowest BCUT2D eigenvalue weighted by Gasteiger charge is -2.12. The van der Waals surface area contributed by atoms with Crippen LogP contribution in [0.2, 0.25) is 0 Å². The van der Waals surface area contributed by atoms with Crippen molar-refractivity contribution in [2.75, 3.05) is 5.32 Å². The lowest BCUT2D eigenvalue weighted by molar-refractivity contribution is 0.101. The smallest absolute Gasteiger partial charge is 0.272 e. The van der Waals surface area contributed by atoms with Crippen molar-refractivity contribution in [2.24, 2.45) is 0 Å². The monoisotopic (exact) mass is 334 g/mol. The molecule has 0 aliphatic carbocycles. The molecule has 1 aromatic heterocycles. The van der Waals surface area contributed by atoms with E-state index in [2.05, 4.69) is 28.2 Å². The minimum atomic E-state index is -0.0680. The van der Waals surface area contributed by atoms with Crippen LogP contribution in [-0.4, -0.2) is 10.5 Å². The second-order valence-corrected chi connectivity index (χ2v) is 5.87. The molecule has 4 heteroatoms. The van der Waals surface area contributed by atoms with Crippen molar-refractivity contribution in [3.63, 3.8) is 0 Å². The predicted molar refractivity (Wildman–Crippen MR) is 86.3 cm³/mol. The largest absolute Gasteiger partial charge is 0.342 e. The van der Waals surface area contributed by atoms with Crippen LogP contribution in [0.25, 0.3) is 0 Å². The molecular formula is C16H19BrN2O. The van der Waals surface area contributed by atoms with Gasteiger partial charge in [-0.3, -0.25) is 4.79 Å². The first-order valence-corrected chi connectivity index (χ1v) is 7.55. The number of anilines is 1. The summed E-state index contributed by atoms with van der Waals surface area (Å²) < 4.78 is 2.91. The standard InChI is InChI=1S/C16H19BrN2O/c1-4-8-19-10-13(17)9-14(19)16(20)18-15-11(2)6-5-7-12(15)3/h5-7,9-10H,4,8H2,1-3H3,(H,18,20). The molecule has 2 rings (SSSR count). The average Bonchev–Trinajstić information content (AvgIpc) is 2.75. The van der Waals surface area contributed by atoms with Gasteiger partial charge in [-0.2, -0.15) is 0 Å². The minimum absolute atomic E-state index is 0.0680. The summed E-state index contributed by atoms with van der Waals surface area (Å²) in [6, 6.07) is 7.86. The maximum atomic E-state index is 12.5. The highest BCUT2D eigenvalue weighted by molar-refractivity contribution is 9.10. The number of benzene rings is 1. The lowest BCUT2D eigenvalue weighted by atomic mass is 10.1. The first kappa shape index (κ1) is 14.9. The van der Waals surface area contributed by atoms with Crippen LogP contribution in [-0.2, 0) is 6.54 Å². The van der Waals surface area contributed by atoms with Crippen molar-refractivity contribution in [3.8, 4) is 0 Å². The van der Waals surface area contributed by atoms with Crippen molar-refractivity contribution in [2.45, 2.75) is 33.7 Å². The quantitative estimate of drug-likeness (QED) is 0.875. The van der Waals surface area contributed by atoms with E-state index in [0.717, 1.165) is 34.3 Å². The second kappa shape index (κ2) is 6.27. The summed E-state index contributed by atoms with van der Waals surface area (Å²) >= 11 is 3.43. The Morgan fingerprint density at radius 2 is 1.95 bits per heavy atom. The van der Waals surface area contributed by atoms with Crippen molar-refractivity contribution in [1.29, 1.82) is 0 Å². The Hall–Kier alpha value is -1.55. The van der Waals surface area contributed by atoms with Crippen molar-refractivity contribution in [3.05, 3.63) is 51.8 Å². The molecule has 106 valence electrons. The van der Waals surface area contributed by atoms with Crippen LogP contribution in [0.5, 0.6) is 0 Å². The van der Waals surface area contributed by atoms with Gasteiger partial charge >= 0.3 is 0 Å². The molecule has 0 fully saturated rings. The molecule has 0 spiro atoms. The summed E-state index contributed by atoms with van der Waals surface area (Å²) in [7, 11) is 0. The van der Waals surface area contributed by atoms with E-state index >= 15 is 0 Å². The Morgan fingerprint density at radius 3 is 2.55 bits per heavy atom. The van der Waals surface area contributed by atoms with Crippen molar-refractivity contribution >= 4 is 27.5 Å². The van der Waals surface area contributed by atoms with Crippen molar-refractivity contribution < 1.29 is 4.79 Å². The Balaban J connectivity index is 2.28. The fraction of sp³-hybridized carbons (Fsp3) is 0.312. The Kier molecular flexibility index (Phi) is 4.65. The van der Waals surface area contributed by atoms with Gasteiger partial charge in [-0.05, 0) is 53.4 Å². The highest BCUT2D eigenvalue weighted by Gasteiger charge is 2.14. The van der Waals surface area contributed by atoms with Crippen LogP contribution in [0.1, 0.15) is 35.0 Å². The highest BCUT2D eigenvalue weighted by Crippen LogP contribution is 2.22. The molecule has 0 aliphatic rings. The molecule has 1 heterocycles. The van der Waals surface area contributed by atoms with Gasteiger partial charge in [0.05, 0.1) is 0 Å². The number of halogens is 1. The molecule has 1 aromatic carbocycles. The van der Waals surface area contributed by atoms with E-state index in [-0.39, 0.29) is 5.91 Å². The molecule has 3 nitrogen and oxygen atoms in total. The molecule has 1 amide bonds. The molecular weight excluding hydrogens is 316 g/mol. The number of hydrogen-bond donors (Lipinski definition) is 1. The topological polar surface area (TPSA) is 34.0 Å². The van der Waals surface area contributed by atoms with Gasteiger partial charge in [0.25, 0.3) is 5.91 Å². The first-order chi connectivity index (χ1) is 9.52. The normalized spacial score (nSPS) is 10.6. The molecule has 20 heavy (non-hydrogen) atoms. The molecule has 0 atom stereocenters. The fourth-order valence-corrected chi connectivity index (χ4v) is 2.74. The number of carbonyl (C=O) groups is 1. The molecule has 2 aromatic rings. The Morgan fingerprint density at radius 1 is 1.30 bits per heavy atom. The zero-order valence-electron chi connectivity index (χ0n) is 12.0. The average molecular weight is 335 g/mol. The maximum Gasteiger partial charge on any atom is 0.272 e. The Bertz CT molecular complexity index is 611. The molecule has 0 unspecified atom stereocenters. The third-order valence-corrected chi connectivity index (χ3v) is 3.71. The number of nitrogens with one attached hydrogen (secondary N) is 1. The van der Waals surface area contributed by atoms with Crippen LogP contribution in [0.15, 0.2) is 34.9 Å². The van der Waals surface area contributed by atoms with E-state index in [1.165, 1.54) is 0 Å². The van der Waals surface area contributed by atoms with Crippen LogP contribution in [0.3, 0.4) is 0 Å². The zero-order chi connectivity index (χ0) is 14.7. The number of carbonyl (C=O) groups excluding carboxylic acids is 1. The highest BCUT2D eigenvalue weighted by atomic mass is 79.9. The van der Waals surface area contributed by atoms with Crippen LogP contribution in [0, 0.1) is 13.8 Å². The molecule has 1 N–H and O–H groups in total. The summed E-state index contributed by atoms with van der Waals surface area (Å²) in [6.07, 6.45) is 2.94. The first-order valence-electron chi connectivity index (χ1n) is 6.76. The van der Waals surface area contributed by atoms with E-state index < -0.39 is 0 Å². The van der Waals surface area contributed by atoms with E-state index in [1.54, 1.807) is 0 Å². The van der Waals surface area contributed by atoms with E-state index in [9.17, 15) is 4.79 Å². The molecule has 0 bridgehead atoms. The number of para-hydroxylation sites is 1. The van der Waals surface area contributed by atoms with Crippen molar-refractivity contribution in [1.82, 2.24) is 4.57 Å². The molecule has 0 radical (unpaired) electrons.